The summed E-state index contributed by atoms with van der Waals surface area (Å²) in [7, 11) is 0. The third kappa shape index (κ3) is 4.80. The van der Waals surface area contributed by atoms with Gasteiger partial charge in [-0.15, -0.1) is 0 Å². The Labute approximate surface area is 142 Å². The van der Waals surface area contributed by atoms with Crippen LogP contribution in [0.1, 0.15) is 5.69 Å². The monoisotopic (exact) mass is 325 g/mol. The Balaban J connectivity index is 1.37. The van der Waals surface area contributed by atoms with Crippen LogP contribution in [0.15, 0.2) is 54.7 Å². The number of hydrogen-bond acceptors (Lipinski definition) is 4. The van der Waals surface area contributed by atoms with Gasteiger partial charge in [0.2, 0.25) is 0 Å². The molecule has 0 atom stereocenters. The van der Waals surface area contributed by atoms with Crippen molar-refractivity contribution in [3.63, 3.8) is 0 Å². The highest BCUT2D eigenvalue weighted by Crippen LogP contribution is 2.09. The second-order valence-corrected chi connectivity index (χ2v) is 5.90. The maximum absolute atomic E-state index is 12.2. The Morgan fingerprint density at radius 1 is 1.00 bits per heavy atom. The van der Waals surface area contributed by atoms with Crippen LogP contribution in [0.4, 0.5) is 0 Å². The van der Waals surface area contributed by atoms with Gasteiger partial charge in [-0.25, -0.2) is 0 Å². The minimum absolute atomic E-state index is 0.0585. The van der Waals surface area contributed by atoms with Crippen LogP contribution in [0.5, 0.6) is 5.75 Å². The number of carbonyl (C=O) groups excluding carboxylic acids is 1. The summed E-state index contributed by atoms with van der Waals surface area (Å²) < 4.78 is 5.54. The number of hydrogen-bond donors (Lipinski definition) is 0. The standard InChI is InChI=1S/C19H23N3O2/c23-19(16-24-18-7-2-1-3-8-18)22-14-12-21(13-15-22)11-9-17-6-4-5-10-20-17/h1-8,10H,9,11-16H2. The Morgan fingerprint density at radius 2 is 1.75 bits per heavy atom. The molecule has 0 aliphatic carbocycles. The van der Waals surface area contributed by atoms with Crippen LogP contribution in [0.2, 0.25) is 0 Å². The molecule has 0 bridgehead atoms. The van der Waals surface area contributed by atoms with Crippen LogP contribution in [-0.2, 0) is 11.2 Å². The molecular weight excluding hydrogens is 302 g/mol. The van der Waals surface area contributed by atoms with E-state index in [4.69, 9.17) is 4.74 Å². The second kappa shape index (κ2) is 8.45. The topological polar surface area (TPSA) is 45.7 Å². The normalized spacial score (nSPS) is 15.2. The third-order valence-electron chi connectivity index (χ3n) is 4.24. The number of rotatable bonds is 6. The SMILES string of the molecule is O=C(COc1ccccc1)N1CCN(CCc2ccccn2)CC1. The van der Waals surface area contributed by atoms with E-state index in [0.29, 0.717) is 0 Å². The molecule has 1 aliphatic rings. The molecule has 0 unspecified atom stereocenters. The van der Waals surface area contributed by atoms with Gasteiger partial charge >= 0.3 is 0 Å². The van der Waals surface area contributed by atoms with Crippen molar-refractivity contribution in [1.29, 1.82) is 0 Å². The molecule has 5 nitrogen and oxygen atoms in total. The van der Waals surface area contributed by atoms with E-state index in [-0.39, 0.29) is 12.5 Å². The molecule has 0 N–H and O–H groups in total. The van der Waals surface area contributed by atoms with Gasteiger partial charge in [0.05, 0.1) is 0 Å². The van der Waals surface area contributed by atoms with Crippen molar-refractivity contribution in [2.24, 2.45) is 0 Å². The minimum Gasteiger partial charge on any atom is -0.484 e. The molecule has 0 saturated carbocycles. The number of benzene rings is 1. The summed E-state index contributed by atoms with van der Waals surface area (Å²) in [6.45, 7) is 4.43. The lowest BCUT2D eigenvalue weighted by Crippen LogP contribution is -2.50. The quantitative estimate of drug-likeness (QED) is 0.813. The maximum atomic E-state index is 12.2. The van der Waals surface area contributed by atoms with Crippen molar-refractivity contribution in [2.75, 3.05) is 39.3 Å². The average Bonchev–Trinajstić information content (AvgIpc) is 2.66. The summed E-state index contributed by atoms with van der Waals surface area (Å²) >= 11 is 0. The van der Waals surface area contributed by atoms with E-state index in [2.05, 4.69) is 16.0 Å². The molecule has 1 aromatic carbocycles. The number of aromatic nitrogens is 1. The van der Waals surface area contributed by atoms with E-state index in [1.54, 1.807) is 0 Å². The van der Waals surface area contributed by atoms with E-state index in [0.717, 1.165) is 50.6 Å². The van der Waals surface area contributed by atoms with Crippen molar-refractivity contribution >= 4 is 5.91 Å². The van der Waals surface area contributed by atoms with E-state index in [1.807, 2.05) is 53.6 Å². The van der Waals surface area contributed by atoms with Crippen LogP contribution in [0, 0.1) is 0 Å². The summed E-state index contributed by atoms with van der Waals surface area (Å²) in [4.78, 5) is 20.9. The molecule has 126 valence electrons. The zero-order chi connectivity index (χ0) is 16.6. The number of ether oxygens (including phenoxy) is 1. The van der Waals surface area contributed by atoms with Gasteiger partial charge < -0.3 is 9.64 Å². The molecule has 3 rings (SSSR count). The van der Waals surface area contributed by atoms with E-state index < -0.39 is 0 Å². The number of carbonyl (C=O) groups is 1. The van der Waals surface area contributed by atoms with Crippen molar-refractivity contribution < 1.29 is 9.53 Å². The molecule has 0 spiro atoms. The van der Waals surface area contributed by atoms with Crippen molar-refractivity contribution in [1.82, 2.24) is 14.8 Å². The van der Waals surface area contributed by atoms with Crippen molar-refractivity contribution in [3.8, 4) is 5.75 Å². The predicted octanol–water partition coefficient (Wildman–Crippen LogP) is 1.85. The number of pyridine rings is 1. The Hall–Kier alpha value is -2.40. The lowest BCUT2D eigenvalue weighted by molar-refractivity contribution is -0.135. The van der Waals surface area contributed by atoms with Crippen LogP contribution in [0.3, 0.4) is 0 Å². The largest absolute Gasteiger partial charge is 0.484 e. The third-order valence-corrected chi connectivity index (χ3v) is 4.24. The summed E-state index contributed by atoms with van der Waals surface area (Å²) in [6.07, 6.45) is 2.78. The Kier molecular flexibility index (Phi) is 5.80. The van der Waals surface area contributed by atoms with Gasteiger partial charge in [0.1, 0.15) is 5.75 Å². The van der Waals surface area contributed by atoms with Crippen LogP contribution >= 0.6 is 0 Å². The van der Waals surface area contributed by atoms with Gasteiger partial charge in [0.25, 0.3) is 5.91 Å². The first-order valence-electron chi connectivity index (χ1n) is 8.39. The molecule has 1 amide bonds. The Morgan fingerprint density at radius 3 is 2.46 bits per heavy atom. The second-order valence-electron chi connectivity index (χ2n) is 5.90. The minimum atomic E-state index is 0.0585. The van der Waals surface area contributed by atoms with Gasteiger partial charge in [-0.3, -0.25) is 14.7 Å². The van der Waals surface area contributed by atoms with Gasteiger partial charge in [-0.05, 0) is 24.3 Å². The smallest absolute Gasteiger partial charge is 0.260 e. The van der Waals surface area contributed by atoms with Crippen LogP contribution in [-0.4, -0.2) is 60.0 Å². The number of para-hydroxylation sites is 1. The van der Waals surface area contributed by atoms with Gasteiger partial charge in [-0.2, -0.15) is 0 Å². The van der Waals surface area contributed by atoms with Crippen LogP contribution < -0.4 is 4.74 Å². The van der Waals surface area contributed by atoms with E-state index in [9.17, 15) is 4.79 Å². The van der Waals surface area contributed by atoms with Gasteiger partial charge in [-0.1, -0.05) is 24.3 Å². The van der Waals surface area contributed by atoms with Crippen molar-refractivity contribution in [3.05, 3.63) is 60.4 Å². The first-order chi connectivity index (χ1) is 11.8. The van der Waals surface area contributed by atoms with Crippen molar-refractivity contribution in [2.45, 2.75) is 6.42 Å². The molecule has 5 heteroatoms. The first-order valence-corrected chi connectivity index (χ1v) is 8.39. The highest BCUT2D eigenvalue weighted by atomic mass is 16.5. The first kappa shape index (κ1) is 16.5. The summed E-state index contributed by atoms with van der Waals surface area (Å²) in [5.41, 5.74) is 1.12. The number of piperazine rings is 1. The summed E-state index contributed by atoms with van der Waals surface area (Å²) in [6, 6.07) is 15.5. The summed E-state index contributed by atoms with van der Waals surface area (Å²) in [5, 5.41) is 0. The molecule has 1 fully saturated rings. The van der Waals surface area contributed by atoms with E-state index in [1.165, 1.54) is 0 Å². The predicted molar refractivity (Wildman–Crippen MR) is 92.9 cm³/mol. The molecule has 1 aromatic heterocycles. The number of amides is 1. The molecular formula is C19H23N3O2. The molecule has 2 aromatic rings. The highest BCUT2D eigenvalue weighted by Gasteiger charge is 2.21. The van der Waals surface area contributed by atoms with Gasteiger partial charge in [0.15, 0.2) is 6.61 Å². The zero-order valence-electron chi connectivity index (χ0n) is 13.8. The molecule has 0 radical (unpaired) electrons. The fourth-order valence-corrected chi connectivity index (χ4v) is 2.79. The number of nitrogens with zero attached hydrogens (tertiary/aromatic N) is 3. The fraction of sp³-hybridized carbons (Fsp3) is 0.368. The molecule has 24 heavy (non-hydrogen) atoms. The zero-order valence-corrected chi connectivity index (χ0v) is 13.8. The average molecular weight is 325 g/mol. The molecule has 1 saturated heterocycles. The van der Waals surface area contributed by atoms with E-state index >= 15 is 0 Å². The Bertz CT molecular complexity index is 626. The lowest BCUT2D eigenvalue weighted by Gasteiger charge is -2.34. The highest BCUT2D eigenvalue weighted by molar-refractivity contribution is 5.77. The summed E-state index contributed by atoms with van der Waals surface area (Å²) in [5.74, 6) is 0.795. The van der Waals surface area contributed by atoms with Crippen LogP contribution in [0.25, 0.3) is 0 Å². The maximum Gasteiger partial charge on any atom is 0.260 e. The molecule has 2 heterocycles. The fourth-order valence-electron chi connectivity index (χ4n) is 2.79. The lowest BCUT2D eigenvalue weighted by atomic mass is 10.2. The van der Waals surface area contributed by atoms with Gasteiger partial charge in [0, 0.05) is 51.0 Å². The molecule has 1 aliphatic heterocycles.